The van der Waals surface area contributed by atoms with Crippen molar-refractivity contribution in [2.45, 2.75) is 58.0 Å². The Morgan fingerprint density at radius 1 is 1.27 bits per heavy atom. The molecule has 2 aliphatic rings. The SMILES string of the molecule is CCN1CCN(C(=O)N[C@@H](C(=O)C[C@H]2Cc3cccc(C)c3OB2O)C(C)(C)O)C(=O)C1=O. The van der Waals surface area contributed by atoms with Gasteiger partial charge in [-0.3, -0.25) is 19.3 Å². The van der Waals surface area contributed by atoms with Crippen LogP contribution in [-0.2, 0) is 20.8 Å². The molecule has 2 atom stereocenters. The van der Waals surface area contributed by atoms with Crippen LogP contribution in [-0.4, -0.2) is 82.0 Å². The van der Waals surface area contributed by atoms with Gasteiger partial charge in [-0.15, -0.1) is 0 Å². The van der Waals surface area contributed by atoms with Crippen LogP contribution in [0.2, 0.25) is 5.82 Å². The molecular formula is C22H30BN3O7. The summed E-state index contributed by atoms with van der Waals surface area (Å²) >= 11 is 0. The topological polar surface area (TPSA) is 136 Å². The van der Waals surface area contributed by atoms with Crippen LogP contribution in [0.3, 0.4) is 0 Å². The summed E-state index contributed by atoms with van der Waals surface area (Å²) < 4.78 is 5.62. The van der Waals surface area contributed by atoms with Gasteiger partial charge >= 0.3 is 25.0 Å². The lowest BCUT2D eigenvalue weighted by Crippen LogP contribution is -2.62. The number of aliphatic hydroxyl groups is 1. The highest BCUT2D eigenvalue weighted by Gasteiger charge is 2.43. The van der Waals surface area contributed by atoms with Crippen molar-refractivity contribution in [3.63, 3.8) is 0 Å². The van der Waals surface area contributed by atoms with Crippen LogP contribution in [0.1, 0.15) is 38.3 Å². The first kappa shape index (κ1) is 24.7. The molecule has 0 spiro atoms. The van der Waals surface area contributed by atoms with Crippen LogP contribution in [0, 0.1) is 6.92 Å². The molecule has 178 valence electrons. The van der Waals surface area contributed by atoms with Crippen LogP contribution in [0.5, 0.6) is 5.75 Å². The van der Waals surface area contributed by atoms with E-state index in [2.05, 4.69) is 5.32 Å². The standard InChI is InChI=1S/C22H30BN3O7/c1-5-25-9-10-26(20(29)19(25)28)21(30)24-18(22(3,4)31)16(27)12-15-11-14-8-6-7-13(2)17(14)33-23(15)32/h6-8,15,18,31-32H,5,9-12H2,1-4H3,(H,24,30)/t15-,18+/m1/s1. The zero-order valence-electron chi connectivity index (χ0n) is 19.3. The van der Waals surface area contributed by atoms with Gasteiger partial charge in [0.15, 0.2) is 5.78 Å². The number of ketones is 1. The number of aryl methyl sites for hydroxylation is 1. The first-order valence-electron chi connectivity index (χ1n) is 11.0. The fraction of sp³-hybridized carbons (Fsp3) is 0.545. The number of piperazine rings is 1. The van der Waals surface area contributed by atoms with Gasteiger partial charge in [0.25, 0.3) is 0 Å². The van der Waals surface area contributed by atoms with E-state index in [1.54, 1.807) is 6.92 Å². The van der Waals surface area contributed by atoms with Crippen molar-refractivity contribution in [1.82, 2.24) is 15.1 Å². The fourth-order valence-electron chi connectivity index (χ4n) is 4.21. The Morgan fingerprint density at radius 3 is 2.61 bits per heavy atom. The van der Waals surface area contributed by atoms with E-state index in [0.717, 1.165) is 16.0 Å². The number of nitrogens with one attached hydrogen (secondary N) is 1. The second-order valence-corrected chi connectivity index (χ2v) is 9.08. The Hall–Kier alpha value is -2.92. The van der Waals surface area contributed by atoms with Gasteiger partial charge in [0, 0.05) is 31.9 Å². The molecule has 2 aliphatic heterocycles. The highest BCUT2D eigenvalue weighted by atomic mass is 16.5. The molecule has 0 saturated carbocycles. The molecule has 33 heavy (non-hydrogen) atoms. The monoisotopic (exact) mass is 459 g/mol. The molecule has 3 N–H and O–H groups in total. The van der Waals surface area contributed by atoms with Gasteiger partial charge < -0.3 is 25.0 Å². The van der Waals surface area contributed by atoms with Gasteiger partial charge in [0.2, 0.25) is 0 Å². The van der Waals surface area contributed by atoms with Crippen molar-refractivity contribution in [3.8, 4) is 5.75 Å². The third-order valence-electron chi connectivity index (χ3n) is 6.11. The summed E-state index contributed by atoms with van der Waals surface area (Å²) in [6.07, 6.45) is 0.225. The maximum absolute atomic E-state index is 13.1. The van der Waals surface area contributed by atoms with Gasteiger partial charge in [-0.25, -0.2) is 4.79 Å². The molecule has 2 heterocycles. The molecule has 0 unspecified atom stereocenters. The van der Waals surface area contributed by atoms with E-state index in [0.29, 0.717) is 18.7 Å². The number of urea groups is 1. The van der Waals surface area contributed by atoms with Crippen LogP contribution in [0.15, 0.2) is 18.2 Å². The van der Waals surface area contributed by atoms with E-state index >= 15 is 0 Å². The molecule has 3 rings (SSSR count). The second kappa shape index (κ2) is 9.52. The predicted octanol–water partition coefficient (Wildman–Crippen LogP) is 0.280. The Labute approximate surface area is 193 Å². The maximum atomic E-state index is 13.1. The van der Waals surface area contributed by atoms with E-state index in [1.807, 2.05) is 25.1 Å². The van der Waals surface area contributed by atoms with Gasteiger partial charge in [0.1, 0.15) is 11.8 Å². The quantitative estimate of drug-likeness (QED) is 0.411. The molecule has 4 amide bonds. The number of carbonyl (C=O) groups excluding carboxylic acids is 4. The minimum atomic E-state index is -1.65. The van der Waals surface area contributed by atoms with Crippen LogP contribution < -0.4 is 9.97 Å². The van der Waals surface area contributed by atoms with E-state index in [1.165, 1.54) is 18.7 Å². The number of likely N-dealkylation sites (N-methyl/N-ethyl adjacent to an activating group) is 1. The predicted molar refractivity (Wildman–Crippen MR) is 119 cm³/mol. The van der Waals surface area contributed by atoms with Gasteiger partial charge in [-0.2, -0.15) is 0 Å². The van der Waals surface area contributed by atoms with Crippen molar-refractivity contribution in [1.29, 1.82) is 0 Å². The highest BCUT2D eigenvalue weighted by Crippen LogP contribution is 2.36. The molecular weight excluding hydrogens is 429 g/mol. The van der Waals surface area contributed by atoms with Crippen LogP contribution in [0.25, 0.3) is 0 Å². The van der Waals surface area contributed by atoms with Gasteiger partial charge in [-0.1, -0.05) is 18.2 Å². The van der Waals surface area contributed by atoms with Crippen molar-refractivity contribution in [3.05, 3.63) is 29.3 Å². The number of amides is 4. The molecule has 10 nitrogen and oxygen atoms in total. The van der Waals surface area contributed by atoms with Gasteiger partial charge in [-0.05, 0) is 45.2 Å². The number of carbonyl (C=O) groups is 4. The Kier molecular flexibility index (Phi) is 7.13. The van der Waals surface area contributed by atoms with Crippen molar-refractivity contribution >= 4 is 30.7 Å². The van der Waals surface area contributed by atoms with Crippen molar-refractivity contribution < 1.29 is 34.0 Å². The summed E-state index contributed by atoms with van der Waals surface area (Å²) in [5.41, 5.74) is 0.0835. The number of hydrogen-bond acceptors (Lipinski definition) is 7. The number of rotatable bonds is 6. The highest BCUT2D eigenvalue weighted by molar-refractivity contribution is 6.46. The minimum Gasteiger partial charge on any atom is -0.536 e. The van der Waals surface area contributed by atoms with E-state index in [9.17, 15) is 29.3 Å². The number of nitrogens with zero attached hydrogens (tertiary/aromatic N) is 2. The van der Waals surface area contributed by atoms with Crippen LogP contribution in [0.4, 0.5) is 4.79 Å². The number of benzene rings is 1. The largest absolute Gasteiger partial charge is 0.536 e. The second-order valence-electron chi connectivity index (χ2n) is 9.08. The van der Waals surface area contributed by atoms with E-state index in [-0.39, 0.29) is 19.5 Å². The lowest BCUT2D eigenvalue weighted by molar-refractivity contribution is -0.153. The third-order valence-corrected chi connectivity index (χ3v) is 6.11. The zero-order valence-corrected chi connectivity index (χ0v) is 19.3. The number of hydrogen-bond donors (Lipinski definition) is 3. The number of para-hydroxylation sites is 1. The fourth-order valence-corrected chi connectivity index (χ4v) is 4.21. The molecule has 1 saturated heterocycles. The summed E-state index contributed by atoms with van der Waals surface area (Å²) in [4.78, 5) is 52.4. The molecule has 0 radical (unpaired) electrons. The number of fused-ring (bicyclic) bond motifs is 1. The molecule has 1 aromatic carbocycles. The number of Topliss-reactive ketones (excluding diaryl/α,β-unsaturated/α-hetero) is 1. The average molecular weight is 459 g/mol. The number of imide groups is 1. The molecule has 0 aromatic heterocycles. The molecule has 0 aliphatic carbocycles. The minimum absolute atomic E-state index is 0.0116. The zero-order chi connectivity index (χ0) is 24.5. The molecule has 11 heteroatoms. The molecule has 1 aromatic rings. The lowest BCUT2D eigenvalue weighted by atomic mass is 9.64. The Balaban J connectivity index is 1.72. The summed E-state index contributed by atoms with van der Waals surface area (Å²) in [6, 6.07) is 3.31. The Morgan fingerprint density at radius 2 is 1.97 bits per heavy atom. The normalized spacial score (nSPS) is 19.7. The Bertz CT molecular complexity index is 962. The summed E-state index contributed by atoms with van der Waals surface area (Å²) in [5.74, 6) is -2.28. The van der Waals surface area contributed by atoms with E-state index in [4.69, 9.17) is 4.65 Å². The lowest BCUT2D eigenvalue weighted by Gasteiger charge is -2.35. The van der Waals surface area contributed by atoms with Crippen LogP contribution >= 0.6 is 0 Å². The third kappa shape index (κ3) is 5.20. The molecule has 0 bridgehead atoms. The summed E-state index contributed by atoms with van der Waals surface area (Å²) in [6.45, 7) is 6.85. The summed E-state index contributed by atoms with van der Waals surface area (Å²) in [5, 5.41) is 23.4. The summed E-state index contributed by atoms with van der Waals surface area (Å²) in [7, 11) is -1.22. The maximum Gasteiger partial charge on any atom is 0.526 e. The average Bonchev–Trinajstić information content (AvgIpc) is 2.74. The van der Waals surface area contributed by atoms with E-state index < -0.39 is 48.2 Å². The van der Waals surface area contributed by atoms with Crippen molar-refractivity contribution in [2.75, 3.05) is 19.6 Å². The van der Waals surface area contributed by atoms with Gasteiger partial charge in [0.05, 0.1) is 5.60 Å². The first-order valence-corrected chi connectivity index (χ1v) is 11.0. The first-order chi connectivity index (χ1) is 15.4. The van der Waals surface area contributed by atoms with Crippen molar-refractivity contribution in [2.24, 2.45) is 0 Å². The molecule has 1 fully saturated rings. The smallest absolute Gasteiger partial charge is 0.526 e.